The van der Waals surface area contributed by atoms with E-state index < -0.39 is 12.0 Å². The van der Waals surface area contributed by atoms with Crippen molar-refractivity contribution >= 4 is 12.0 Å². The molecule has 0 radical (unpaired) electrons. The van der Waals surface area contributed by atoms with Gasteiger partial charge in [-0.15, -0.1) is 0 Å². The summed E-state index contributed by atoms with van der Waals surface area (Å²) in [6, 6.07) is -0.815. The van der Waals surface area contributed by atoms with E-state index in [1.165, 1.54) is 4.90 Å². The Hall–Kier alpha value is -1.26. The van der Waals surface area contributed by atoms with Gasteiger partial charge in [-0.05, 0) is 26.2 Å². The van der Waals surface area contributed by atoms with E-state index in [1.54, 1.807) is 11.9 Å². The lowest BCUT2D eigenvalue weighted by atomic mass is 10.0. The third-order valence-electron chi connectivity index (χ3n) is 2.83. The molecule has 0 spiro atoms. The average Bonchev–Trinajstić information content (AvgIpc) is 2.27. The van der Waals surface area contributed by atoms with Gasteiger partial charge in [0.15, 0.2) is 0 Å². The van der Waals surface area contributed by atoms with Crippen LogP contribution < -0.4 is 0 Å². The number of carbonyl (C=O) groups excluding carboxylic acids is 1. The van der Waals surface area contributed by atoms with Gasteiger partial charge in [0.1, 0.15) is 6.04 Å². The summed E-state index contributed by atoms with van der Waals surface area (Å²) in [5, 5.41) is 9.00. The van der Waals surface area contributed by atoms with Crippen LogP contribution in [0, 0.1) is 0 Å². The van der Waals surface area contributed by atoms with Gasteiger partial charge in [-0.2, -0.15) is 0 Å². The first-order chi connectivity index (χ1) is 7.07. The first-order valence-corrected chi connectivity index (χ1v) is 5.32. The number of piperidine rings is 1. The first kappa shape index (κ1) is 11.8. The zero-order valence-corrected chi connectivity index (χ0v) is 9.27. The maximum Gasteiger partial charge on any atom is 0.326 e. The third kappa shape index (κ3) is 2.61. The Kier molecular flexibility index (Phi) is 3.94. The average molecular weight is 214 g/mol. The molecule has 5 nitrogen and oxygen atoms in total. The number of likely N-dealkylation sites (tertiary alicyclic amines) is 1. The minimum atomic E-state index is -0.896. The molecule has 0 aromatic heterocycles. The van der Waals surface area contributed by atoms with Crippen LogP contribution in [-0.2, 0) is 4.79 Å². The summed E-state index contributed by atoms with van der Waals surface area (Å²) in [7, 11) is 1.69. The Balaban J connectivity index is 2.71. The van der Waals surface area contributed by atoms with E-state index in [0.717, 1.165) is 12.8 Å². The van der Waals surface area contributed by atoms with Gasteiger partial charge < -0.3 is 14.9 Å². The largest absolute Gasteiger partial charge is 0.480 e. The Morgan fingerprint density at radius 1 is 1.47 bits per heavy atom. The standard InChI is InChI=1S/C10H18N2O3/c1-3-11(2)10(15)12-7-5-4-6-8(12)9(13)14/h8H,3-7H2,1-2H3,(H,13,14). The number of carboxylic acid groups (broad SMARTS) is 1. The van der Waals surface area contributed by atoms with Crippen molar-refractivity contribution in [1.82, 2.24) is 9.80 Å². The highest BCUT2D eigenvalue weighted by atomic mass is 16.4. The summed E-state index contributed by atoms with van der Waals surface area (Å²) in [5.41, 5.74) is 0. The Labute approximate surface area is 89.7 Å². The summed E-state index contributed by atoms with van der Waals surface area (Å²) in [6.07, 6.45) is 2.35. The molecule has 0 saturated carbocycles. The molecule has 0 aromatic carbocycles. The van der Waals surface area contributed by atoms with Crippen molar-refractivity contribution < 1.29 is 14.7 Å². The normalized spacial score (nSPS) is 21.2. The maximum absolute atomic E-state index is 11.8. The Morgan fingerprint density at radius 3 is 2.67 bits per heavy atom. The van der Waals surface area contributed by atoms with Crippen molar-refractivity contribution in [1.29, 1.82) is 0 Å². The molecule has 86 valence electrons. The van der Waals surface area contributed by atoms with E-state index in [-0.39, 0.29) is 6.03 Å². The van der Waals surface area contributed by atoms with Crippen LogP contribution in [0.25, 0.3) is 0 Å². The molecule has 1 heterocycles. The molecule has 0 aromatic rings. The quantitative estimate of drug-likeness (QED) is 0.746. The molecule has 2 amide bonds. The summed E-state index contributed by atoms with van der Waals surface area (Å²) < 4.78 is 0. The van der Waals surface area contributed by atoms with E-state index in [2.05, 4.69) is 0 Å². The summed E-state index contributed by atoms with van der Waals surface area (Å²) >= 11 is 0. The topological polar surface area (TPSA) is 60.9 Å². The number of urea groups is 1. The molecule has 15 heavy (non-hydrogen) atoms. The highest BCUT2D eigenvalue weighted by Gasteiger charge is 2.32. The molecule has 1 unspecified atom stereocenters. The van der Waals surface area contributed by atoms with Crippen LogP contribution in [0.5, 0.6) is 0 Å². The van der Waals surface area contributed by atoms with Gasteiger partial charge in [-0.1, -0.05) is 0 Å². The second-order valence-corrected chi connectivity index (χ2v) is 3.84. The van der Waals surface area contributed by atoms with Crippen LogP contribution in [0.15, 0.2) is 0 Å². The van der Waals surface area contributed by atoms with Crippen molar-refractivity contribution in [2.24, 2.45) is 0 Å². The van der Waals surface area contributed by atoms with Crippen molar-refractivity contribution in [2.75, 3.05) is 20.1 Å². The predicted octanol–water partition coefficient (Wildman–Crippen LogP) is 0.997. The van der Waals surface area contributed by atoms with Crippen LogP contribution in [-0.4, -0.2) is 53.1 Å². The molecule has 1 aliphatic heterocycles. The van der Waals surface area contributed by atoms with Gasteiger partial charge in [0.2, 0.25) is 0 Å². The Morgan fingerprint density at radius 2 is 2.13 bits per heavy atom. The summed E-state index contributed by atoms with van der Waals surface area (Å²) in [6.45, 7) is 3.03. The van der Waals surface area contributed by atoms with E-state index in [4.69, 9.17) is 5.11 Å². The number of amides is 2. The molecule has 5 heteroatoms. The van der Waals surface area contributed by atoms with Gasteiger partial charge in [0.25, 0.3) is 0 Å². The fraction of sp³-hybridized carbons (Fsp3) is 0.800. The van der Waals surface area contributed by atoms with Gasteiger partial charge in [-0.3, -0.25) is 0 Å². The molecule has 0 aliphatic carbocycles. The molecule has 1 N–H and O–H groups in total. The second kappa shape index (κ2) is 5.00. The molecular formula is C10H18N2O3. The number of rotatable bonds is 2. The fourth-order valence-corrected chi connectivity index (χ4v) is 1.77. The molecule has 1 atom stereocenters. The molecule has 1 aliphatic rings. The van der Waals surface area contributed by atoms with Gasteiger partial charge >= 0.3 is 12.0 Å². The fourth-order valence-electron chi connectivity index (χ4n) is 1.77. The maximum atomic E-state index is 11.8. The van der Waals surface area contributed by atoms with E-state index in [9.17, 15) is 9.59 Å². The Bertz CT molecular complexity index is 255. The van der Waals surface area contributed by atoms with Crippen molar-refractivity contribution in [2.45, 2.75) is 32.2 Å². The van der Waals surface area contributed by atoms with E-state index in [0.29, 0.717) is 19.5 Å². The van der Waals surface area contributed by atoms with Gasteiger partial charge in [0.05, 0.1) is 0 Å². The molecular weight excluding hydrogens is 196 g/mol. The van der Waals surface area contributed by atoms with E-state index in [1.807, 2.05) is 6.92 Å². The smallest absolute Gasteiger partial charge is 0.326 e. The van der Waals surface area contributed by atoms with Crippen LogP contribution >= 0.6 is 0 Å². The number of carboxylic acids is 1. The van der Waals surface area contributed by atoms with E-state index >= 15 is 0 Å². The lowest BCUT2D eigenvalue weighted by Crippen LogP contribution is -2.52. The zero-order valence-electron chi connectivity index (χ0n) is 9.27. The van der Waals surface area contributed by atoms with Crippen LogP contribution in [0.2, 0.25) is 0 Å². The van der Waals surface area contributed by atoms with Crippen molar-refractivity contribution in [3.8, 4) is 0 Å². The lowest BCUT2D eigenvalue weighted by molar-refractivity contribution is -0.143. The number of hydrogen-bond acceptors (Lipinski definition) is 2. The van der Waals surface area contributed by atoms with Crippen LogP contribution in [0.1, 0.15) is 26.2 Å². The monoisotopic (exact) mass is 214 g/mol. The lowest BCUT2D eigenvalue weighted by Gasteiger charge is -2.35. The molecule has 0 bridgehead atoms. The minimum absolute atomic E-state index is 0.176. The van der Waals surface area contributed by atoms with Crippen LogP contribution in [0.3, 0.4) is 0 Å². The van der Waals surface area contributed by atoms with Gasteiger partial charge in [0, 0.05) is 20.1 Å². The van der Waals surface area contributed by atoms with Crippen LogP contribution in [0.4, 0.5) is 4.79 Å². The first-order valence-electron chi connectivity index (χ1n) is 5.32. The molecule has 1 fully saturated rings. The minimum Gasteiger partial charge on any atom is -0.480 e. The number of aliphatic carboxylic acids is 1. The molecule has 1 rings (SSSR count). The number of hydrogen-bond donors (Lipinski definition) is 1. The summed E-state index contributed by atoms with van der Waals surface area (Å²) in [5.74, 6) is -0.896. The SMILES string of the molecule is CCN(C)C(=O)N1CCCCC1C(=O)O. The third-order valence-corrected chi connectivity index (χ3v) is 2.83. The zero-order chi connectivity index (χ0) is 11.4. The second-order valence-electron chi connectivity index (χ2n) is 3.84. The predicted molar refractivity (Wildman–Crippen MR) is 55.7 cm³/mol. The molecule has 1 saturated heterocycles. The summed E-state index contributed by atoms with van der Waals surface area (Å²) in [4.78, 5) is 25.8. The highest BCUT2D eigenvalue weighted by molar-refractivity contribution is 5.82. The number of nitrogens with zero attached hydrogens (tertiary/aromatic N) is 2. The van der Waals surface area contributed by atoms with Gasteiger partial charge in [-0.25, -0.2) is 9.59 Å². The van der Waals surface area contributed by atoms with Crippen molar-refractivity contribution in [3.63, 3.8) is 0 Å². The highest BCUT2D eigenvalue weighted by Crippen LogP contribution is 2.18. The van der Waals surface area contributed by atoms with Crippen molar-refractivity contribution in [3.05, 3.63) is 0 Å². The number of carbonyl (C=O) groups is 2.